The largest absolute Gasteiger partial charge is 0.489 e. The van der Waals surface area contributed by atoms with Gasteiger partial charge in [-0.3, -0.25) is 9.52 Å². The first-order valence-corrected chi connectivity index (χ1v) is 11.5. The molecule has 0 aliphatic carbocycles. The summed E-state index contributed by atoms with van der Waals surface area (Å²) in [6.45, 7) is 4.54. The highest BCUT2D eigenvalue weighted by molar-refractivity contribution is 7.92. The molecule has 1 amide bonds. The Morgan fingerprint density at radius 1 is 0.906 bits per heavy atom. The highest BCUT2D eigenvalue weighted by atomic mass is 32.2. The fraction of sp³-hybridized carbons (Fsp3) is 0.208. The average Bonchev–Trinajstić information content (AvgIpc) is 2.75. The normalized spacial score (nSPS) is 11.1. The molecule has 3 rings (SSSR count). The number of hydrogen-bond donors (Lipinski definition) is 2. The Hall–Kier alpha value is -3.36. The zero-order chi connectivity index (χ0) is 23.1. The van der Waals surface area contributed by atoms with Crippen LogP contribution in [0.25, 0.3) is 0 Å². The fourth-order valence-corrected chi connectivity index (χ4v) is 4.10. The van der Waals surface area contributed by atoms with Gasteiger partial charge in [0.15, 0.2) is 0 Å². The first-order valence-electron chi connectivity index (χ1n) is 10.0. The van der Waals surface area contributed by atoms with E-state index in [4.69, 9.17) is 9.47 Å². The van der Waals surface area contributed by atoms with Crippen LogP contribution in [0, 0.1) is 13.8 Å². The third-order valence-corrected chi connectivity index (χ3v) is 5.99. The van der Waals surface area contributed by atoms with Crippen molar-refractivity contribution in [1.82, 2.24) is 0 Å². The molecule has 32 heavy (non-hydrogen) atoms. The van der Waals surface area contributed by atoms with Crippen LogP contribution in [0.15, 0.2) is 71.6 Å². The van der Waals surface area contributed by atoms with Gasteiger partial charge in [-0.15, -0.1) is 0 Å². The highest BCUT2D eigenvalue weighted by Gasteiger charge is 2.17. The summed E-state index contributed by atoms with van der Waals surface area (Å²) in [5.41, 5.74) is 3.06. The van der Waals surface area contributed by atoms with Gasteiger partial charge in [-0.05, 0) is 67.4 Å². The van der Waals surface area contributed by atoms with Gasteiger partial charge in [0.2, 0.25) is 0 Å². The van der Waals surface area contributed by atoms with E-state index in [1.54, 1.807) is 37.4 Å². The Morgan fingerprint density at radius 3 is 2.41 bits per heavy atom. The first-order chi connectivity index (χ1) is 15.3. The molecule has 0 fully saturated rings. The Bertz CT molecular complexity index is 1210. The molecule has 168 valence electrons. The second kappa shape index (κ2) is 10.3. The van der Waals surface area contributed by atoms with Crippen molar-refractivity contribution in [1.29, 1.82) is 0 Å². The van der Waals surface area contributed by atoms with Gasteiger partial charge in [0, 0.05) is 18.4 Å². The van der Waals surface area contributed by atoms with Crippen molar-refractivity contribution in [2.75, 3.05) is 30.4 Å². The number of amides is 1. The minimum Gasteiger partial charge on any atom is -0.489 e. The van der Waals surface area contributed by atoms with Gasteiger partial charge in [0.1, 0.15) is 12.4 Å². The lowest BCUT2D eigenvalue weighted by Gasteiger charge is -2.14. The summed E-state index contributed by atoms with van der Waals surface area (Å²) in [5, 5.41) is 2.80. The van der Waals surface area contributed by atoms with Crippen molar-refractivity contribution < 1.29 is 22.7 Å². The lowest BCUT2D eigenvalue weighted by Crippen LogP contribution is -2.16. The molecule has 0 radical (unpaired) electrons. The van der Waals surface area contributed by atoms with Crippen LogP contribution in [-0.2, 0) is 14.8 Å². The van der Waals surface area contributed by atoms with Crippen molar-refractivity contribution in [2.24, 2.45) is 0 Å². The van der Waals surface area contributed by atoms with Gasteiger partial charge in [0.05, 0.1) is 17.2 Å². The summed E-state index contributed by atoms with van der Waals surface area (Å²) in [4.78, 5) is 12.8. The number of nitrogens with one attached hydrogen (secondary N) is 2. The number of carbonyl (C=O) groups excluding carboxylic acids is 1. The molecule has 0 spiro atoms. The Balaban J connectivity index is 1.80. The number of hydrogen-bond acceptors (Lipinski definition) is 5. The van der Waals surface area contributed by atoms with E-state index in [-0.39, 0.29) is 10.5 Å². The summed E-state index contributed by atoms with van der Waals surface area (Å²) >= 11 is 0. The van der Waals surface area contributed by atoms with E-state index in [0.717, 1.165) is 11.1 Å². The third kappa shape index (κ3) is 6.09. The van der Waals surface area contributed by atoms with Gasteiger partial charge >= 0.3 is 0 Å². The van der Waals surface area contributed by atoms with E-state index in [2.05, 4.69) is 10.0 Å². The molecule has 7 nitrogen and oxygen atoms in total. The Kier molecular flexibility index (Phi) is 7.50. The zero-order valence-electron chi connectivity index (χ0n) is 18.2. The molecular weight excluding hydrogens is 428 g/mol. The summed E-state index contributed by atoms with van der Waals surface area (Å²) in [5.74, 6) is 0.0679. The van der Waals surface area contributed by atoms with E-state index >= 15 is 0 Å². The topological polar surface area (TPSA) is 93.7 Å². The number of aryl methyl sites for hydroxylation is 2. The predicted octanol–water partition coefficient (Wildman–Crippen LogP) is 4.38. The summed E-state index contributed by atoms with van der Waals surface area (Å²) in [7, 11) is -2.28. The summed E-state index contributed by atoms with van der Waals surface area (Å²) in [6, 6.07) is 18.3. The molecule has 3 aromatic rings. The number of methoxy groups -OCH3 is 1. The maximum atomic E-state index is 12.9. The molecule has 0 aromatic heterocycles. The maximum Gasteiger partial charge on any atom is 0.261 e. The van der Waals surface area contributed by atoms with E-state index < -0.39 is 15.9 Å². The average molecular weight is 455 g/mol. The van der Waals surface area contributed by atoms with E-state index in [9.17, 15) is 13.2 Å². The number of ether oxygens (including phenoxy) is 2. The van der Waals surface area contributed by atoms with Crippen molar-refractivity contribution in [2.45, 2.75) is 18.7 Å². The number of benzene rings is 3. The van der Waals surface area contributed by atoms with Gasteiger partial charge in [-0.25, -0.2) is 8.42 Å². The lowest BCUT2D eigenvalue weighted by molar-refractivity contribution is 0.102. The molecule has 0 bridgehead atoms. The van der Waals surface area contributed by atoms with Gasteiger partial charge in [0.25, 0.3) is 15.9 Å². The monoisotopic (exact) mass is 454 g/mol. The van der Waals surface area contributed by atoms with Crippen LogP contribution in [0.5, 0.6) is 5.75 Å². The third-order valence-electron chi connectivity index (χ3n) is 4.61. The van der Waals surface area contributed by atoms with E-state index in [0.29, 0.717) is 30.3 Å². The maximum absolute atomic E-state index is 12.9. The highest BCUT2D eigenvalue weighted by Crippen LogP contribution is 2.27. The molecular formula is C24H26N2O5S. The molecule has 0 atom stereocenters. The molecule has 0 aliphatic rings. The van der Waals surface area contributed by atoms with Crippen LogP contribution in [0.2, 0.25) is 0 Å². The zero-order valence-corrected chi connectivity index (χ0v) is 19.0. The van der Waals surface area contributed by atoms with Crippen LogP contribution >= 0.6 is 0 Å². The standard InChI is InChI=1S/C24H26N2O5S/c1-17-6-4-8-20(14-17)26-32(28,29)21-9-5-7-19(16-21)24(27)25-22-11-10-18(2)15-23(22)31-13-12-30-3/h4-11,14-16,26H,12-13H2,1-3H3,(H,25,27). The van der Waals surface area contributed by atoms with E-state index in [1.807, 2.05) is 32.0 Å². The molecule has 0 heterocycles. The van der Waals surface area contributed by atoms with Crippen molar-refractivity contribution in [3.63, 3.8) is 0 Å². The molecule has 0 unspecified atom stereocenters. The summed E-state index contributed by atoms with van der Waals surface area (Å²) in [6.07, 6.45) is 0. The molecule has 0 saturated heterocycles. The molecule has 0 aliphatic heterocycles. The smallest absolute Gasteiger partial charge is 0.261 e. The van der Waals surface area contributed by atoms with Gasteiger partial charge < -0.3 is 14.8 Å². The number of carbonyl (C=O) groups is 1. The number of rotatable bonds is 9. The SMILES string of the molecule is COCCOc1cc(C)ccc1NC(=O)c1cccc(S(=O)(=O)Nc2cccc(C)c2)c1. The second-order valence-electron chi connectivity index (χ2n) is 7.30. The quantitative estimate of drug-likeness (QED) is 0.468. The van der Waals surface area contributed by atoms with Crippen LogP contribution in [0.4, 0.5) is 11.4 Å². The minimum absolute atomic E-state index is 0.00729. The molecule has 0 saturated carbocycles. The Labute approximate surface area is 188 Å². The lowest BCUT2D eigenvalue weighted by atomic mass is 10.2. The van der Waals surface area contributed by atoms with E-state index in [1.165, 1.54) is 18.2 Å². The van der Waals surface area contributed by atoms with Gasteiger partial charge in [-0.2, -0.15) is 0 Å². The summed E-state index contributed by atoms with van der Waals surface area (Å²) < 4.78 is 38.9. The molecule has 3 aromatic carbocycles. The van der Waals surface area contributed by atoms with Crippen LogP contribution in [0.3, 0.4) is 0 Å². The fourth-order valence-electron chi connectivity index (χ4n) is 3.01. The van der Waals surface area contributed by atoms with Gasteiger partial charge in [-0.1, -0.05) is 24.3 Å². The van der Waals surface area contributed by atoms with Crippen LogP contribution in [-0.4, -0.2) is 34.6 Å². The number of sulfonamides is 1. The predicted molar refractivity (Wildman–Crippen MR) is 125 cm³/mol. The van der Waals surface area contributed by atoms with Crippen LogP contribution in [0.1, 0.15) is 21.5 Å². The van der Waals surface area contributed by atoms with Crippen molar-refractivity contribution >= 4 is 27.3 Å². The number of anilines is 2. The second-order valence-corrected chi connectivity index (χ2v) is 8.98. The first kappa shape index (κ1) is 23.3. The van der Waals surface area contributed by atoms with Crippen molar-refractivity contribution in [3.8, 4) is 5.75 Å². The molecule has 2 N–H and O–H groups in total. The van der Waals surface area contributed by atoms with Crippen molar-refractivity contribution in [3.05, 3.63) is 83.4 Å². The molecule has 8 heteroatoms. The Morgan fingerprint density at radius 2 is 1.66 bits per heavy atom. The minimum atomic E-state index is -3.86. The van der Waals surface area contributed by atoms with Crippen LogP contribution < -0.4 is 14.8 Å².